The molecule has 3 atom stereocenters. The van der Waals surface area contributed by atoms with Gasteiger partial charge < -0.3 is 4.74 Å². The third-order valence-electron chi connectivity index (χ3n) is 2.99. The summed E-state index contributed by atoms with van der Waals surface area (Å²) in [6, 6.07) is 3.72. The Labute approximate surface area is 110 Å². The Morgan fingerprint density at radius 3 is 2.17 bits per heavy atom. The highest BCUT2D eigenvalue weighted by molar-refractivity contribution is 7.18. The molecule has 1 aromatic rings. The van der Waals surface area contributed by atoms with Crippen LogP contribution in [-0.2, 0) is 4.74 Å². The number of carbonyl (C=O) groups is 1. The number of aryl methyl sites for hydroxylation is 3. The number of rotatable bonds is 4. The monoisotopic (exact) mass is 269 g/mol. The van der Waals surface area contributed by atoms with Gasteiger partial charge in [0.05, 0.1) is 0 Å². The van der Waals surface area contributed by atoms with Crippen molar-refractivity contribution in [1.29, 1.82) is 0 Å². The number of Topliss-reactive ketones (excluding diaryl/α,β-unsaturated/α-hetero) is 1. The number of benzene rings is 1. The number of halogens is 1. The molecule has 0 heterocycles. The summed E-state index contributed by atoms with van der Waals surface area (Å²) < 4.78 is 19.3. The Morgan fingerprint density at radius 2 is 1.83 bits per heavy atom. The minimum Gasteiger partial charge on any atom is -0.343 e. The maximum absolute atomic E-state index is 14.5. The van der Waals surface area contributed by atoms with Gasteiger partial charge in [0.25, 0.3) is 5.85 Å². The molecular formula is C14H19FO2P. The summed E-state index contributed by atoms with van der Waals surface area (Å²) in [6.45, 7) is 9.08. The third kappa shape index (κ3) is 2.62. The smallest absolute Gasteiger partial charge is 0.279 e. The highest BCUT2D eigenvalue weighted by atomic mass is 31.0. The Bertz CT molecular complexity index is 448. The summed E-state index contributed by atoms with van der Waals surface area (Å²) in [7, 11) is 3.36. The van der Waals surface area contributed by atoms with Crippen LogP contribution in [0.4, 0.5) is 4.39 Å². The number of hydrogen-bond acceptors (Lipinski definition) is 2. The fourth-order valence-corrected chi connectivity index (χ4v) is 2.41. The van der Waals surface area contributed by atoms with Crippen molar-refractivity contribution in [3.05, 3.63) is 41.3 Å². The minimum atomic E-state index is -2.41. The molecule has 18 heavy (non-hydrogen) atoms. The van der Waals surface area contributed by atoms with E-state index in [1.165, 1.54) is 7.11 Å². The van der Waals surface area contributed by atoms with Gasteiger partial charge in [-0.05, 0) is 38.8 Å². The first-order chi connectivity index (χ1) is 8.24. The van der Waals surface area contributed by atoms with E-state index in [0.717, 1.165) is 16.7 Å². The lowest BCUT2D eigenvalue weighted by atomic mass is 9.92. The van der Waals surface area contributed by atoms with Gasteiger partial charge in [0.1, 0.15) is 0 Å². The largest absolute Gasteiger partial charge is 0.343 e. The van der Waals surface area contributed by atoms with E-state index in [2.05, 4.69) is 16.2 Å². The average molecular weight is 269 g/mol. The number of methoxy groups -OCH3 is 1. The highest BCUT2D eigenvalue weighted by Crippen LogP contribution is 2.30. The molecule has 0 saturated carbocycles. The van der Waals surface area contributed by atoms with Gasteiger partial charge in [-0.2, -0.15) is 0 Å². The first-order valence-corrected chi connectivity index (χ1v) is 6.36. The molecule has 4 heteroatoms. The molecule has 1 radical (unpaired) electrons. The lowest BCUT2D eigenvalue weighted by molar-refractivity contribution is -0.0807. The Kier molecular flexibility index (Phi) is 4.63. The van der Waals surface area contributed by atoms with Crippen molar-refractivity contribution in [2.45, 2.75) is 32.3 Å². The molecule has 0 amide bonds. The summed E-state index contributed by atoms with van der Waals surface area (Å²) in [5.41, 5.74) is 2.06. The molecule has 1 aromatic carbocycles. The Morgan fingerprint density at radius 1 is 1.39 bits per heavy atom. The predicted molar refractivity (Wildman–Crippen MR) is 74.7 cm³/mol. The second-order valence-electron chi connectivity index (χ2n) is 4.56. The molecule has 1 rings (SSSR count). The van der Waals surface area contributed by atoms with Gasteiger partial charge in [0, 0.05) is 18.3 Å². The number of ether oxygens (including phenoxy) is 1. The first-order valence-electron chi connectivity index (χ1n) is 5.69. The maximum Gasteiger partial charge on any atom is 0.279 e. The van der Waals surface area contributed by atoms with E-state index in [-0.39, 0.29) is 0 Å². The number of alkyl halides is 1. The molecule has 0 N–H and O–H groups in total. The molecule has 2 nitrogen and oxygen atoms in total. The van der Waals surface area contributed by atoms with E-state index >= 15 is 0 Å². The van der Waals surface area contributed by atoms with Gasteiger partial charge in [-0.25, -0.2) is 4.39 Å². The van der Waals surface area contributed by atoms with Crippen LogP contribution in [-0.4, -0.2) is 24.4 Å². The molecule has 0 aromatic heterocycles. The summed E-state index contributed by atoms with van der Waals surface area (Å²) >= 11 is 0. The van der Waals surface area contributed by atoms with E-state index in [0.29, 0.717) is 5.56 Å². The van der Waals surface area contributed by atoms with E-state index in [9.17, 15) is 9.18 Å². The summed E-state index contributed by atoms with van der Waals surface area (Å²) in [5, 5.41) is 0. The Hall–Kier alpha value is -0.790. The van der Waals surface area contributed by atoms with Crippen molar-refractivity contribution in [2.75, 3.05) is 7.11 Å². The van der Waals surface area contributed by atoms with Gasteiger partial charge >= 0.3 is 0 Å². The summed E-state index contributed by atoms with van der Waals surface area (Å²) in [4.78, 5) is 12.3. The van der Waals surface area contributed by atoms with Crippen molar-refractivity contribution in [3.8, 4) is 0 Å². The van der Waals surface area contributed by atoms with Gasteiger partial charge in [-0.3, -0.25) is 4.79 Å². The van der Waals surface area contributed by atoms with Crippen LogP contribution in [0.3, 0.4) is 0 Å². The fourth-order valence-electron chi connectivity index (χ4n) is 2.12. The zero-order valence-corrected chi connectivity index (χ0v) is 12.4. The lowest BCUT2D eigenvalue weighted by Crippen LogP contribution is -2.43. The second kappa shape index (κ2) is 5.46. The molecule has 0 saturated heterocycles. The van der Waals surface area contributed by atoms with E-state index in [4.69, 9.17) is 4.74 Å². The lowest BCUT2D eigenvalue weighted by Gasteiger charge is -2.27. The number of hydrogen-bond donors (Lipinski definition) is 0. The summed E-state index contributed by atoms with van der Waals surface area (Å²) in [5.74, 6) is -3.08. The molecule has 0 fully saturated rings. The highest BCUT2D eigenvalue weighted by Gasteiger charge is 2.44. The van der Waals surface area contributed by atoms with Crippen LogP contribution in [0.1, 0.15) is 27.0 Å². The third-order valence-corrected chi connectivity index (χ3v) is 3.42. The maximum atomic E-state index is 14.5. The van der Waals surface area contributed by atoms with Gasteiger partial charge in [-0.15, -0.1) is 9.24 Å². The van der Waals surface area contributed by atoms with Crippen molar-refractivity contribution < 1.29 is 13.9 Å². The zero-order chi connectivity index (χ0) is 14.1. The van der Waals surface area contributed by atoms with E-state index in [1.54, 1.807) is 13.8 Å². The van der Waals surface area contributed by atoms with E-state index < -0.39 is 17.3 Å². The predicted octanol–water partition coefficient (Wildman–Crippen LogP) is 3.18. The van der Waals surface area contributed by atoms with Crippen molar-refractivity contribution in [2.24, 2.45) is 0 Å². The van der Waals surface area contributed by atoms with Crippen LogP contribution in [0.5, 0.6) is 0 Å². The topological polar surface area (TPSA) is 26.3 Å². The molecule has 99 valence electrons. The van der Waals surface area contributed by atoms with Crippen LogP contribution in [0.25, 0.3) is 0 Å². The summed E-state index contributed by atoms with van der Waals surface area (Å²) in [6.07, 6.45) is 0. The van der Waals surface area contributed by atoms with E-state index in [1.807, 2.05) is 19.1 Å². The Balaban J connectivity index is 3.35. The van der Waals surface area contributed by atoms with Crippen molar-refractivity contribution in [1.82, 2.24) is 0 Å². The molecule has 3 unspecified atom stereocenters. The van der Waals surface area contributed by atoms with Crippen LogP contribution < -0.4 is 0 Å². The normalized spacial score (nSPS) is 16.2. The quantitative estimate of drug-likeness (QED) is 0.620. The first kappa shape index (κ1) is 15.3. The van der Waals surface area contributed by atoms with Gasteiger partial charge in [0.15, 0.2) is 0 Å². The van der Waals surface area contributed by atoms with Crippen molar-refractivity contribution in [3.63, 3.8) is 0 Å². The average Bonchev–Trinajstić information content (AvgIpc) is 2.25. The van der Waals surface area contributed by atoms with Gasteiger partial charge in [-0.1, -0.05) is 17.7 Å². The van der Waals surface area contributed by atoms with Crippen LogP contribution >= 0.6 is 9.24 Å². The number of carbonyl (C=O) groups excluding carboxylic acids is 1. The number of ketones is 1. The van der Waals surface area contributed by atoms with Crippen molar-refractivity contribution >= 4 is 15.0 Å². The minimum absolute atomic E-state index is 0.376. The van der Waals surface area contributed by atoms with Crippen LogP contribution in [0.2, 0.25) is 0 Å². The standard InChI is InChI=1S/C14H19FO2P/c1-8-6-9(2)12(10(3)7-8)13(16)14(15,17-5)11(4)18/h6-7,11H,4,18H2,1-3,5H3. The van der Waals surface area contributed by atoms with Gasteiger partial charge in [0.2, 0.25) is 5.78 Å². The molecular weight excluding hydrogens is 250 g/mol. The second-order valence-corrected chi connectivity index (χ2v) is 5.36. The molecule has 0 aliphatic rings. The fraction of sp³-hybridized carbons (Fsp3) is 0.429. The molecule has 0 bridgehead atoms. The molecule has 0 aliphatic carbocycles. The zero-order valence-electron chi connectivity index (χ0n) is 11.2. The van der Waals surface area contributed by atoms with Crippen LogP contribution in [0.15, 0.2) is 12.1 Å². The van der Waals surface area contributed by atoms with Crippen LogP contribution in [0, 0.1) is 27.7 Å². The molecule has 0 aliphatic heterocycles. The SMILES string of the molecule is [CH2]C(P)C(F)(OC)C(=O)c1c(C)cc(C)cc1C. The molecule has 0 spiro atoms.